The highest BCUT2D eigenvalue weighted by Crippen LogP contribution is 2.31. The topological polar surface area (TPSA) is 340 Å². The number of nitrogens with zero attached hydrogens (tertiary/aromatic N) is 6. The van der Waals surface area contributed by atoms with E-state index in [1.807, 2.05) is 32.0 Å². The van der Waals surface area contributed by atoms with Crippen LogP contribution >= 0.6 is 23.2 Å². The van der Waals surface area contributed by atoms with Crippen LogP contribution in [0.15, 0.2) is 54.6 Å². The number of aliphatic hydroxyl groups is 1. The fourth-order valence-corrected chi connectivity index (χ4v) is 12.1. The molecule has 1 aliphatic rings. The van der Waals surface area contributed by atoms with Crippen LogP contribution in [0, 0.1) is 23.7 Å². The molecule has 0 saturated carbocycles. The highest BCUT2D eigenvalue weighted by molar-refractivity contribution is 6.18. The Bertz CT molecular complexity index is 2910. The molecular weight excluding hydrogens is 1240 g/mol. The van der Waals surface area contributed by atoms with Crippen LogP contribution in [0.4, 0.5) is 15.3 Å². The van der Waals surface area contributed by atoms with Crippen LogP contribution < -0.4 is 37.6 Å². The van der Waals surface area contributed by atoms with Gasteiger partial charge in [0.1, 0.15) is 36.5 Å². The highest BCUT2D eigenvalue weighted by atomic mass is 35.5. The Morgan fingerprint density at radius 3 is 2.02 bits per heavy atom. The number of aromatic nitrogens is 3. The zero-order valence-corrected chi connectivity index (χ0v) is 57.8. The van der Waals surface area contributed by atoms with Gasteiger partial charge in [0.2, 0.25) is 41.4 Å². The predicted molar refractivity (Wildman–Crippen MR) is 353 cm³/mol. The molecule has 1 saturated heterocycles. The number of alkyl halides is 2. The third-order valence-electron chi connectivity index (χ3n) is 17.3. The number of hydrogen-bond donors (Lipinski definition) is 8. The second kappa shape index (κ2) is 38.9. The van der Waals surface area contributed by atoms with Crippen molar-refractivity contribution in [2.75, 3.05) is 46.7 Å². The number of likely N-dealkylation sites (tertiary alicyclic amines) is 1. The Morgan fingerprint density at radius 1 is 0.774 bits per heavy atom. The summed E-state index contributed by atoms with van der Waals surface area (Å²) in [4.78, 5) is 127. The Hall–Kier alpha value is -7.13. The van der Waals surface area contributed by atoms with Crippen molar-refractivity contribution in [3.8, 4) is 0 Å². The van der Waals surface area contributed by atoms with Crippen molar-refractivity contribution in [1.29, 1.82) is 0 Å². The normalized spacial score (nSPS) is 16.7. The van der Waals surface area contributed by atoms with E-state index in [0.717, 1.165) is 4.90 Å². The number of urea groups is 1. The molecule has 26 nitrogen and oxygen atoms in total. The third kappa shape index (κ3) is 22.8. The smallest absolute Gasteiger partial charge is 0.410 e. The number of nitrogens with one attached hydrogen (secondary N) is 6. The van der Waals surface area contributed by atoms with Crippen LogP contribution in [0.2, 0.25) is 0 Å². The summed E-state index contributed by atoms with van der Waals surface area (Å²) in [6, 6.07) is 8.85. The zero-order chi connectivity index (χ0) is 69.2. The minimum Gasteiger partial charge on any atom is -0.445 e. The maximum atomic E-state index is 14.7. The van der Waals surface area contributed by atoms with E-state index in [2.05, 4.69) is 42.2 Å². The summed E-state index contributed by atoms with van der Waals surface area (Å²) in [5.74, 6) is -4.47. The van der Waals surface area contributed by atoms with Gasteiger partial charge >= 0.3 is 12.1 Å². The summed E-state index contributed by atoms with van der Waals surface area (Å²) in [6.45, 7) is 16.9. The molecule has 2 heterocycles. The standard InChI is InChI=1S/C65H101Cl2N13O13/c1-14-40(7)56(51(91-12)34-53(82)79-32-20-25-49(79)58(92-13)41(8)59(84)70-42(9)57(83)44-22-17-16-18-23-44)78(11)63(88)55(39(5)6)74-61(86)48(15-2)77(10)65(90)93-37-43-27-29-45(30-28-43)71-60(85)46(24-19-31-69-64(68)89)72-62(87)54(38(3)4)73-52(81)26-21-33-80-50(36-67)47(35-66)75-76-80/h16-18,22-23,27-30,38-42,46,48-49,51,54-58,83H,14-15,19-21,24-26,31-37H2,1-13H3,(H,70,84)(H,71,85)(H,72,87)(H,73,81)(H,74,86)(H3,68,69,89)/t40-,41+,42+,46-,48-,49-,51+,54?,55-,56-,57+,58+/m0/s1. The van der Waals surface area contributed by atoms with Crippen molar-refractivity contribution in [3.63, 3.8) is 0 Å². The van der Waals surface area contributed by atoms with E-state index in [1.54, 1.807) is 106 Å². The summed E-state index contributed by atoms with van der Waals surface area (Å²) in [5, 5.41) is 35.7. The first-order valence-electron chi connectivity index (χ1n) is 32.1. The molecule has 2 aromatic carbocycles. The molecule has 12 atom stereocenters. The van der Waals surface area contributed by atoms with Gasteiger partial charge in [-0.15, -0.1) is 28.3 Å². The van der Waals surface area contributed by atoms with Crippen LogP contribution in [0.3, 0.4) is 0 Å². The number of primary amides is 1. The molecule has 1 fully saturated rings. The van der Waals surface area contributed by atoms with Crippen LogP contribution in [0.25, 0.3) is 0 Å². The fourth-order valence-electron chi connectivity index (χ4n) is 11.6. The Morgan fingerprint density at radius 2 is 1.44 bits per heavy atom. The van der Waals surface area contributed by atoms with Gasteiger partial charge in [-0.05, 0) is 86.5 Å². The number of likely N-dealkylation sites (N-methyl/N-ethyl adjacent to an activating group) is 2. The molecule has 518 valence electrons. The number of amides is 10. The lowest BCUT2D eigenvalue weighted by Crippen LogP contribution is -2.59. The molecule has 10 amide bonds. The monoisotopic (exact) mass is 1340 g/mol. The van der Waals surface area contributed by atoms with Gasteiger partial charge in [0.15, 0.2) is 0 Å². The van der Waals surface area contributed by atoms with Crippen molar-refractivity contribution in [1.82, 2.24) is 56.3 Å². The minimum absolute atomic E-state index is 0.0566. The van der Waals surface area contributed by atoms with Crippen LogP contribution in [0.1, 0.15) is 149 Å². The van der Waals surface area contributed by atoms with Crippen LogP contribution in [0.5, 0.6) is 0 Å². The lowest BCUT2D eigenvalue weighted by atomic mass is 9.89. The second-order valence-electron chi connectivity index (χ2n) is 24.6. The van der Waals surface area contributed by atoms with Gasteiger partial charge in [0.05, 0.1) is 66.2 Å². The van der Waals surface area contributed by atoms with E-state index in [-0.39, 0.29) is 80.7 Å². The summed E-state index contributed by atoms with van der Waals surface area (Å²) in [5.41, 5.74) is 8.00. The number of carbonyl (C=O) groups is 9. The predicted octanol–water partition coefficient (Wildman–Crippen LogP) is 5.90. The van der Waals surface area contributed by atoms with Gasteiger partial charge < -0.3 is 66.8 Å². The number of rotatable bonds is 38. The molecular formula is C65H101Cl2N13O13. The number of ether oxygens (including phenoxy) is 3. The number of aryl methyl sites for hydroxylation is 1. The quantitative estimate of drug-likeness (QED) is 0.0245. The molecule has 1 unspecified atom stereocenters. The number of halogens is 2. The van der Waals surface area contributed by atoms with Gasteiger partial charge in [-0.25, -0.2) is 14.3 Å². The Balaban J connectivity index is 1.37. The van der Waals surface area contributed by atoms with E-state index in [4.69, 9.17) is 43.1 Å². The molecule has 0 spiro atoms. The third-order valence-corrected chi connectivity index (χ3v) is 17.8. The van der Waals surface area contributed by atoms with Gasteiger partial charge in [-0.2, -0.15) is 0 Å². The summed E-state index contributed by atoms with van der Waals surface area (Å²) in [7, 11) is 6.08. The lowest BCUT2D eigenvalue weighted by Gasteiger charge is -2.41. The number of methoxy groups -OCH3 is 2. The van der Waals surface area contributed by atoms with E-state index in [1.165, 1.54) is 21.3 Å². The number of nitrogens with two attached hydrogens (primary N) is 1. The first-order valence-corrected chi connectivity index (χ1v) is 33.2. The molecule has 9 N–H and O–H groups in total. The second-order valence-corrected chi connectivity index (χ2v) is 25.1. The van der Waals surface area contributed by atoms with Crippen LogP contribution in [-0.4, -0.2) is 184 Å². The van der Waals surface area contributed by atoms with E-state index >= 15 is 0 Å². The van der Waals surface area contributed by atoms with Crippen molar-refractivity contribution in [2.45, 2.75) is 206 Å². The average Bonchev–Trinajstić information content (AvgIpc) is 2.01. The largest absolute Gasteiger partial charge is 0.445 e. The minimum atomic E-state index is -1.10. The molecule has 93 heavy (non-hydrogen) atoms. The summed E-state index contributed by atoms with van der Waals surface area (Å²) >= 11 is 12.0. The Kier molecular flexibility index (Phi) is 32.8. The number of anilines is 1. The lowest BCUT2D eigenvalue weighted by molar-refractivity contribution is -0.148. The first kappa shape index (κ1) is 78.3. The summed E-state index contributed by atoms with van der Waals surface area (Å²) in [6.07, 6.45) is -0.430. The first-order chi connectivity index (χ1) is 44.2. The van der Waals surface area contributed by atoms with Crippen LogP contribution in [-0.2, 0) is 72.7 Å². The SMILES string of the molecule is CC[C@H](C)[C@@H]([C@@H](CC(=O)N1CCC[C@H]1[C@H](OC)[C@@H](C)C(=O)N[C@H](C)[C@@H](O)c1ccccc1)OC)N(C)C(=O)[C@@H](NC(=O)[C@H](CC)N(C)C(=O)OCc1ccc(NC(=O)[C@H](CCCNC(N)=O)NC(=O)C(NC(=O)CCCn2nnc(CCl)c2CCl)C(C)C)cc1)C(C)C. The molecule has 3 aromatic rings. The van der Waals surface area contributed by atoms with Crippen molar-refractivity contribution in [2.24, 2.45) is 29.4 Å². The number of hydrogen-bond acceptors (Lipinski definition) is 15. The van der Waals surface area contributed by atoms with Crippen molar-refractivity contribution >= 4 is 82.4 Å². The molecule has 0 radical (unpaired) electrons. The zero-order valence-electron chi connectivity index (χ0n) is 56.2. The molecule has 1 aliphatic heterocycles. The molecule has 0 aliphatic carbocycles. The summed E-state index contributed by atoms with van der Waals surface area (Å²) < 4.78 is 19.3. The number of carbonyl (C=O) groups excluding carboxylic acids is 9. The number of aliphatic hydroxyl groups excluding tert-OH is 1. The van der Waals surface area contributed by atoms with Gasteiger partial charge in [0, 0.05) is 60.1 Å². The van der Waals surface area contributed by atoms with E-state index < -0.39 is 114 Å². The average molecular weight is 1340 g/mol. The van der Waals surface area contributed by atoms with Gasteiger partial charge in [-0.3, -0.25) is 38.5 Å². The van der Waals surface area contributed by atoms with Crippen molar-refractivity contribution < 1.29 is 62.5 Å². The fraction of sp³-hybridized carbons (Fsp3) is 0.646. The van der Waals surface area contributed by atoms with Gasteiger partial charge in [0.25, 0.3) is 0 Å². The maximum Gasteiger partial charge on any atom is 0.410 e. The van der Waals surface area contributed by atoms with Gasteiger partial charge in [-0.1, -0.05) is 109 Å². The number of benzene rings is 2. The van der Waals surface area contributed by atoms with E-state index in [0.29, 0.717) is 67.0 Å². The maximum absolute atomic E-state index is 14.7. The molecule has 28 heteroatoms. The molecule has 4 rings (SSSR count). The molecule has 0 bridgehead atoms. The molecule has 1 aromatic heterocycles. The van der Waals surface area contributed by atoms with Crippen molar-refractivity contribution in [3.05, 3.63) is 77.1 Å². The Labute approximate surface area is 557 Å². The van der Waals surface area contributed by atoms with E-state index in [9.17, 15) is 48.3 Å². The highest BCUT2D eigenvalue weighted by Gasteiger charge is 2.44.